The number of nitrogens with one attached hydrogen (secondary N) is 4. The maximum Gasteiger partial charge on any atom is 0.307 e. The number of fused-ring (bicyclic) bond motifs is 1. The molecular weight excluding hydrogens is 650 g/mol. The smallest absolute Gasteiger partial charge is 0.307 e. The molecule has 0 unspecified atom stereocenters. The van der Waals surface area contributed by atoms with E-state index in [0.717, 1.165) is 25.7 Å². The molecule has 0 fully saturated rings. The van der Waals surface area contributed by atoms with E-state index in [0.29, 0.717) is 51.6 Å². The van der Waals surface area contributed by atoms with Crippen molar-refractivity contribution < 1.29 is 38.6 Å². The Morgan fingerprint density at radius 3 is 2.02 bits per heavy atom. The van der Waals surface area contributed by atoms with Gasteiger partial charge in [0.05, 0.1) is 43.9 Å². The Labute approximate surface area is 282 Å². The van der Waals surface area contributed by atoms with Gasteiger partial charge < -0.3 is 31.1 Å². The van der Waals surface area contributed by atoms with Gasteiger partial charge in [0.1, 0.15) is 5.75 Å². The van der Waals surface area contributed by atoms with Gasteiger partial charge in [0.15, 0.2) is 0 Å². The molecule has 3 rings (SSSR count). The second kappa shape index (κ2) is 18.6. The molecule has 0 bridgehead atoms. The summed E-state index contributed by atoms with van der Waals surface area (Å²) in [6, 6.07) is 11.8. The minimum absolute atomic E-state index is 0.0527. The van der Waals surface area contributed by atoms with Crippen LogP contribution in [0.3, 0.4) is 0 Å². The minimum atomic E-state index is -1.01. The van der Waals surface area contributed by atoms with Crippen molar-refractivity contribution >= 4 is 70.6 Å². The Balaban J connectivity index is 1.38. The van der Waals surface area contributed by atoms with Crippen molar-refractivity contribution in [3.63, 3.8) is 0 Å². The first-order valence-electron chi connectivity index (χ1n) is 15.0. The first-order chi connectivity index (χ1) is 22.5. The second-order valence-electron chi connectivity index (χ2n) is 10.6. The number of carboxylic acid groups (broad SMARTS) is 1. The van der Waals surface area contributed by atoms with Crippen molar-refractivity contribution in [2.24, 2.45) is 0 Å². The summed E-state index contributed by atoms with van der Waals surface area (Å²) in [5.41, 5.74) is 2.10. The number of hydrogen-bond acceptors (Lipinski definition) is 8. The second-order valence-corrected chi connectivity index (χ2v) is 11.3. The molecule has 1 heterocycles. The average Bonchev–Trinajstić information content (AvgIpc) is 3.32. The highest BCUT2D eigenvalue weighted by Crippen LogP contribution is 2.31. The number of carbonyl (C=O) groups excluding carboxylic acids is 5. The topological polar surface area (TPSA) is 185 Å². The Kier molecular flexibility index (Phi) is 14.6. The van der Waals surface area contributed by atoms with Crippen LogP contribution < -0.4 is 26.0 Å². The third-order valence-corrected chi connectivity index (χ3v) is 7.61. The summed E-state index contributed by atoms with van der Waals surface area (Å²) in [4.78, 5) is 71.4. The van der Waals surface area contributed by atoms with Crippen molar-refractivity contribution in [3.05, 3.63) is 64.3 Å². The fraction of sp³-hybridized carbons (Fsp3) is 0.375. The van der Waals surface area contributed by atoms with E-state index in [1.54, 1.807) is 49.4 Å². The lowest BCUT2D eigenvalue weighted by Gasteiger charge is -2.09. The van der Waals surface area contributed by atoms with Gasteiger partial charge in [0, 0.05) is 28.2 Å². The predicted molar refractivity (Wildman–Crippen MR) is 179 cm³/mol. The number of halogens is 1. The fourth-order valence-electron chi connectivity index (χ4n) is 4.69. The Bertz CT molecular complexity index is 1610. The monoisotopic (exact) mass is 687 g/mol. The summed E-state index contributed by atoms with van der Waals surface area (Å²) in [6.07, 6.45) is 2.92. The van der Waals surface area contributed by atoms with Crippen molar-refractivity contribution in [3.8, 4) is 5.75 Å². The van der Waals surface area contributed by atoms with Crippen LogP contribution in [-0.4, -0.2) is 83.7 Å². The SMILES string of the molecule is Cc1c(CC(=O)O)c2cc(OCCCCCCNC(=O)CNC(=O)CNC(=O)CNC(=O)CS)ccc2n1C(=O)c1ccc(Cl)cc1. The molecule has 2 aromatic carbocycles. The Hall–Kier alpha value is -4.56. The van der Waals surface area contributed by atoms with Gasteiger partial charge in [0.2, 0.25) is 23.6 Å². The lowest BCUT2D eigenvalue weighted by molar-refractivity contribution is -0.136. The third kappa shape index (κ3) is 11.6. The molecule has 5 N–H and O–H groups in total. The molecule has 1 aromatic heterocycles. The molecule has 0 aliphatic carbocycles. The molecular formula is C32H38ClN5O8S. The normalized spacial score (nSPS) is 10.7. The van der Waals surface area contributed by atoms with Crippen LogP contribution in [0.1, 0.15) is 47.3 Å². The maximum atomic E-state index is 13.4. The van der Waals surface area contributed by atoms with E-state index in [1.807, 2.05) is 0 Å². The van der Waals surface area contributed by atoms with Crippen LogP contribution in [0.4, 0.5) is 0 Å². The maximum absolute atomic E-state index is 13.4. The number of hydrogen-bond donors (Lipinski definition) is 6. The summed E-state index contributed by atoms with van der Waals surface area (Å²) >= 11 is 9.74. The fourth-order valence-corrected chi connectivity index (χ4v) is 4.93. The number of thiol groups is 1. The van der Waals surface area contributed by atoms with E-state index < -0.39 is 23.7 Å². The highest BCUT2D eigenvalue weighted by Gasteiger charge is 2.22. The summed E-state index contributed by atoms with van der Waals surface area (Å²) in [6.45, 7) is 1.78. The van der Waals surface area contributed by atoms with Crippen LogP contribution in [0.5, 0.6) is 5.75 Å². The van der Waals surface area contributed by atoms with Crippen LogP contribution in [0.2, 0.25) is 5.02 Å². The molecule has 0 aliphatic rings. The highest BCUT2D eigenvalue weighted by molar-refractivity contribution is 7.81. The summed E-state index contributed by atoms with van der Waals surface area (Å²) in [7, 11) is 0. The first-order valence-corrected chi connectivity index (χ1v) is 16.0. The van der Waals surface area contributed by atoms with Gasteiger partial charge in [0.25, 0.3) is 5.91 Å². The molecule has 0 aliphatic heterocycles. The van der Waals surface area contributed by atoms with Gasteiger partial charge in [-0.15, -0.1) is 0 Å². The molecule has 252 valence electrons. The number of benzene rings is 2. The number of nitrogens with zero attached hydrogens (tertiary/aromatic N) is 1. The number of amides is 4. The Morgan fingerprint density at radius 2 is 1.40 bits per heavy atom. The van der Waals surface area contributed by atoms with E-state index in [9.17, 15) is 33.9 Å². The zero-order valence-electron chi connectivity index (χ0n) is 25.9. The minimum Gasteiger partial charge on any atom is -0.494 e. The molecule has 4 amide bonds. The van der Waals surface area contributed by atoms with Crippen LogP contribution in [0.15, 0.2) is 42.5 Å². The van der Waals surface area contributed by atoms with Gasteiger partial charge in [-0.05, 0) is 67.8 Å². The highest BCUT2D eigenvalue weighted by atomic mass is 35.5. The summed E-state index contributed by atoms with van der Waals surface area (Å²) in [5, 5.41) is 20.4. The third-order valence-electron chi connectivity index (χ3n) is 7.07. The number of unbranched alkanes of at least 4 members (excludes halogenated alkanes) is 3. The summed E-state index contributed by atoms with van der Waals surface area (Å²) < 4.78 is 7.45. The number of aromatic nitrogens is 1. The quantitative estimate of drug-likeness (QED) is 0.0869. The zero-order chi connectivity index (χ0) is 34.3. The molecule has 0 spiro atoms. The number of rotatable bonds is 18. The number of aliphatic carboxylic acids is 1. The van der Waals surface area contributed by atoms with Crippen LogP contribution in [-0.2, 0) is 30.4 Å². The predicted octanol–water partition coefficient (Wildman–Crippen LogP) is 2.25. The van der Waals surface area contributed by atoms with Crippen LogP contribution >= 0.6 is 24.2 Å². The van der Waals surface area contributed by atoms with Crippen molar-refractivity contribution in [1.29, 1.82) is 0 Å². The van der Waals surface area contributed by atoms with E-state index in [4.69, 9.17) is 16.3 Å². The van der Waals surface area contributed by atoms with Crippen molar-refractivity contribution in [1.82, 2.24) is 25.8 Å². The molecule has 0 saturated heterocycles. The molecule has 3 aromatic rings. The molecule has 0 radical (unpaired) electrons. The average molecular weight is 688 g/mol. The van der Waals surface area contributed by atoms with E-state index >= 15 is 0 Å². The number of carbonyl (C=O) groups is 6. The van der Waals surface area contributed by atoms with E-state index in [1.165, 1.54) is 4.57 Å². The molecule has 0 atom stereocenters. The van der Waals surface area contributed by atoms with Gasteiger partial charge in [-0.2, -0.15) is 12.6 Å². The van der Waals surface area contributed by atoms with Crippen LogP contribution in [0, 0.1) is 6.92 Å². The van der Waals surface area contributed by atoms with Crippen LogP contribution in [0.25, 0.3) is 10.9 Å². The molecule has 13 nitrogen and oxygen atoms in total. The lowest BCUT2D eigenvalue weighted by Crippen LogP contribution is -2.44. The largest absolute Gasteiger partial charge is 0.494 e. The van der Waals surface area contributed by atoms with E-state index in [-0.39, 0.29) is 43.6 Å². The van der Waals surface area contributed by atoms with E-state index in [2.05, 4.69) is 33.9 Å². The standard InChI is InChI=1S/C32H38ClN5O8S/c1-20-24(15-31(43)44)25-14-23(10-11-26(25)38(20)32(45)21-6-8-22(33)9-7-21)46-13-5-3-2-4-12-34-27(39)16-35-28(40)17-36-29(41)18-37-30(42)19-47/h6-11,14,47H,2-5,12-13,15-19H2,1H3,(H,34,39)(H,35,40)(H,36,41)(H,37,42)(H,43,44). The van der Waals surface area contributed by atoms with Gasteiger partial charge in [-0.3, -0.25) is 33.3 Å². The molecule has 0 saturated carbocycles. The number of carboxylic acids is 1. The zero-order valence-corrected chi connectivity index (χ0v) is 27.5. The molecule has 47 heavy (non-hydrogen) atoms. The number of ether oxygens (including phenoxy) is 1. The van der Waals surface area contributed by atoms with Crippen molar-refractivity contribution in [2.75, 3.05) is 38.5 Å². The Morgan fingerprint density at radius 1 is 0.809 bits per heavy atom. The molecule has 15 heteroatoms. The van der Waals surface area contributed by atoms with Gasteiger partial charge in [-0.25, -0.2) is 0 Å². The van der Waals surface area contributed by atoms with Gasteiger partial charge >= 0.3 is 5.97 Å². The lowest BCUT2D eigenvalue weighted by atomic mass is 10.1. The van der Waals surface area contributed by atoms with Gasteiger partial charge in [-0.1, -0.05) is 24.4 Å². The first kappa shape index (κ1) is 36.9. The summed E-state index contributed by atoms with van der Waals surface area (Å²) in [5.74, 6) is -2.62. The van der Waals surface area contributed by atoms with Crippen molar-refractivity contribution in [2.45, 2.75) is 39.0 Å².